The van der Waals surface area contributed by atoms with Crippen LogP contribution in [0.1, 0.15) is 20.3 Å². The lowest BCUT2D eigenvalue weighted by atomic mass is 9.86. The van der Waals surface area contributed by atoms with Gasteiger partial charge in [0.2, 0.25) is 11.8 Å². The molecule has 0 aromatic rings. The zero-order chi connectivity index (χ0) is 34.7. The summed E-state index contributed by atoms with van der Waals surface area (Å²) in [5, 5.41) is 118. The lowest BCUT2D eigenvalue weighted by molar-refractivity contribution is -0.382. The minimum Gasteiger partial charge on any atom is -0.477 e. The predicted molar refractivity (Wildman–Crippen MR) is 142 cm³/mol. The number of hydrogen-bond donors (Lipinski definition) is 13. The first-order valence-electron chi connectivity index (χ1n) is 14.2. The van der Waals surface area contributed by atoms with Crippen LogP contribution in [0.4, 0.5) is 0 Å². The lowest BCUT2D eigenvalue weighted by Gasteiger charge is -2.51. The number of rotatable bonds is 12. The molecule has 0 aromatic heterocycles. The standard InChI is InChI=1S/C25H42N2O19/c1-7(31)26-9-3-25(24(40)41,45-20(13(9)27-8(2)32)14(34)10(33)4-28)46-21-15(35)11(5-29)43-23(18(21)38)44-19-12(6-30)42-22(39)17(37)16(19)36/h9-23,28-30,33-39H,3-6H2,1-2H3,(H,26,31)(H,27,32)(H,40,41)/t9-,10+,11+,12+,13+,14+,15-,16+,17+,18+,19+,20+,21-,22?,23-,25-/m0/s1. The van der Waals surface area contributed by atoms with E-state index >= 15 is 0 Å². The molecule has 0 saturated carbocycles. The van der Waals surface area contributed by atoms with Crippen molar-refractivity contribution in [3.8, 4) is 0 Å². The summed E-state index contributed by atoms with van der Waals surface area (Å²) in [5.74, 6) is -6.41. The van der Waals surface area contributed by atoms with Gasteiger partial charge in [-0.05, 0) is 0 Å². The summed E-state index contributed by atoms with van der Waals surface area (Å²) in [4.78, 5) is 36.9. The van der Waals surface area contributed by atoms with Crippen LogP contribution in [0.2, 0.25) is 0 Å². The summed E-state index contributed by atoms with van der Waals surface area (Å²) in [5.41, 5.74) is 0. The second kappa shape index (κ2) is 15.8. The molecule has 0 spiro atoms. The van der Waals surface area contributed by atoms with Crippen LogP contribution in [-0.2, 0) is 38.1 Å². The van der Waals surface area contributed by atoms with E-state index in [1.165, 1.54) is 0 Å². The van der Waals surface area contributed by atoms with Gasteiger partial charge in [0.15, 0.2) is 12.6 Å². The number of amides is 2. The van der Waals surface area contributed by atoms with Crippen molar-refractivity contribution >= 4 is 17.8 Å². The summed E-state index contributed by atoms with van der Waals surface area (Å²) < 4.78 is 27.3. The SMILES string of the molecule is CC(=O)N[C@H]1[C@H]([C@H](O)[C@H](O)CO)O[C@@](O[C@H]2[C@@H](O)[C@@H](CO)O[C@@H](O[C@H]3[C@H](O)[C@@H](O)C(O)O[C@@H]3CO)[C@@H]2O)(C(=O)O)C[C@@H]1NC(C)=O. The molecule has 13 N–H and O–H groups in total. The van der Waals surface area contributed by atoms with Gasteiger partial charge in [-0.2, -0.15) is 0 Å². The van der Waals surface area contributed by atoms with Gasteiger partial charge in [-0.1, -0.05) is 0 Å². The van der Waals surface area contributed by atoms with Gasteiger partial charge in [-0.15, -0.1) is 0 Å². The van der Waals surface area contributed by atoms with Crippen molar-refractivity contribution in [1.82, 2.24) is 10.6 Å². The molecule has 3 saturated heterocycles. The Bertz CT molecular complexity index is 1050. The fourth-order valence-electron chi connectivity index (χ4n) is 5.59. The Balaban J connectivity index is 2.02. The number of carboxylic acids is 1. The third-order valence-electron chi connectivity index (χ3n) is 7.88. The molecule has 3 fully saturated rings. The van der Waals surface area contributed by atoms with Crippen molar-refractivity contribution in [2.24, 2.45) is 0 Å². The molecule has 21 nitrogen and oxygen atoms in total. The number of aliphatic hydroxyl groups excluding tert-OH is 10. The fourth-order valence-corrected chi connectivity index (χ4v) is 5.59. The van der Waals surface area contributed by atoms with E-state index in [0.29, 0.717) is 0 Å². The smallest absolute Gasteiger partial charge is 0.364 e. The van der Waals surface area contributed by atoms with E-state index in [2.05, 4.69) is 10.6 Å². The molecule has 0 radical (unpaired) electrons. The Morgan fingerprint density at radius 2 is 1.46 bits per heavy atom. The molecular formula is C25H42N2O19. The van der Waals surface area contributed by atoms with Crippen molar-refractivity contribution in [3.05, 3.63) is 0 Å². The van der Waals surface area contributed by atoms with Gasteiger partial charge in [-0.3, -0.25) is 9.59 Å². The van der Waals surface area contributed by atoms with Crippen LogP contribution < -0.4 is 10.6 Å². The van der Waals surface area contributed by atoms with Crippen LogP contribution in [0.25, 0.3) is 0 Å². The van der Waals surface area contributed by atoms with E-state index in [-0.39, 0.29) is 0 Å². The van der Waals surface area contributed by atoms with Crippen LogP contribution in [-0.4, -0.2) is 191 Å². The van der Waals surface area contributed by atoms with Gasteiger partial charge in [0.25, 0.3) is 5.79 Å². The zero-order valence-corrected chi connectivity index (χ0v) is 24.7. The maximum atomic E-state index is 12.8. The average molecular weight is 675 g/mol. The Hall–Kier alpha value is -2.19. The van der Waals surface area contributed by atoms with Crippen molar-refractivity contribution in [2.45, 2.75) is 118 Å². The van der Waals surface area contributed by atoms with E-state index < -0.39 is 142 Å². The molecule has 3 aliphatic rings. The Labute approximate surface area is 260 Å². The molecule has 3 aliphatic heterocycles. The largest absolute Gasteiger partial charge is 0.477 e. The number of nitrogens with one attached hydrogen (secondary N) is 2. The van der Waals surface area contributed by atoms with Crippen LogP contribution >= 0.6 is 0 Å². The topological polar surface area (TPSA) is 344 Å². The minimum atomic E-state index is -3.00. The molecule has 266 valence electrons. The van der Waals surface area contributed by atoms with Crippen LogP contribution in [0, 0.1) is 0 Å². The summed E-state index contributed by atoms with van der Waals surface area (Å²) in [6, 6.07) is -2.84. The highest BCUT2D eigenvalue weighted by atomic mass is 16.8. The van der Waals surface area contributed by atoms with Gasteiger partial charge in [0.1, 0.15) is 67.1 Å². The van der Waals surface area contributed by atoms with Gasteiger partial charge >= 0.3 is 5.97 Å². The van der Waals surface area contributed by atoms with Crippen LogP contribution in [0.5, 0.6) is 0 Å². The number of aliphatic carboxylic acids is 1. The fraction of sp³-hybridized carbons (Fsp3) is 0.880. The first-order chi connectivity index (χ1) is 21.5. The van der Waals surface area contributed by atoms with E-state index in [0.717, 1.165) is 13.8 Å². The number of carbonyl (C=O) groups is 3. The van der Waals surface area contributed by atoms with E-state index in [1.54, 1.807) is 0 Å². The number of hydrogen-bond acceptors (Lipinski definition) is 18. The predicted octanol–water partition coefficient (Wildman–Crippen LogP) is -8.08. The molecule has 0 aromatic carbocycles. The lowest BCUT2D eigenvalue weighted by Crippen LogP contribution is -2.72. The van der Waals surface area contributed by atoms with Crippen LogP contribution in [0.15, 0.2) is 0 Å². The molecule has 21 heteroatoms. The molecule has 16 atom stereocenters. The highest BCUT2D eigenvalue weighted by molar-refractivity contribution is 5.78. The molecule has 2 amide bonds. The maximum absolute atomic E-state index is 12.8. The monoisotopic (exact) mass is 674 g/mol. The Kier molecular flexibility index (Phi) is 13.1. The summed E-state index contributed by atoms with van der Waals surface area (Å²) in [7, 11) is 0. The van der Waals surface area contributed by atoms with Gasteiger partial charge in [0.05, 0.1) is 31.9 Å². The van der Waals surface area contributed by atoms with Crippen molar-refractivity contribution in [1.29, 1.82) is 0 Å². The van der Waals surface area contributed by atoms with E-state index in [1.807, 2.05) is 0 Å². The maximum Gasteiger partial charge on any atom is 0.364 e. The van der Waals surface area contributed by atoms with E-state index in [9.17, 15) is 70.6 Å². The van der Waals surface area contributed by atoms with Gasteiger partial charge in [-0.25, -0.2) is 4.79 Å². The number of aliphatic hydroxyl groups is 10. The van der Waals surface area contributed by atoms with Crippen molar-refractivity contribution in [2.75, 3.05) is 19.8 Å². The summed E-state index contributed by atoms with van der Waals surface area (Å²) >= 11 is 0. The molecular weight excluding hydrogens is 632 g/mol. The number of carboxylic acid groups (broad SMARTS) is 1. The van der Waals surface area contributed by atoms with Crippen molar-refractivity contribution in [3.63, 3.8) is 0 Å². The molecule has 46 heavy (non-hydrogen) atoms. The second-order valence-corrected chi connectivity index (χ2v) is 11.2. The molecule has 1 unspecified atom stereocenters. The highest BCUT2D eigenvalue weighted by Crippen LogP contribution is 2.38. The second-order valence-electron chi connectivity index (χ2n) is 11.2. The Morgan fingerprint density at radius 3 is 1.98 bits per heavy atom. The van der Waals surface area contributed by atoms with Crippen LogP contribution in [0.3, 0.4) is 0 Å². The third kappa shape index (κ3) is 8.08. The number of carbonyl (C=O) groups excluding carboxylic acids is 2. The first kappa shape index (κ1) is 38.3. The third-order valence-corrected chi connectivity index (χ3v) is 7.88. The first-order valence-corrected chi connectivity index (χ1v) is 14.2. The highest BCUT2D eigenvalue weighted by Gasteiger charge is 2.60. The van der Waals surface area contributed by atoms with E-state index in [4.69, 9.17) is 23.7 Å². The molecule has 3 heterocycles. The Morgan fingerprint density at radius 1 is 0.848 bits per heavy atom. The summed E-state index contributed by atoms with van der Waals surface area (Å²) in [6.45, 7) is -0.792. The van der Waals surface area contributed by atoms with Gasteiger partial charge < -0.3 is 90.5 Å². The quantitative estimate of drug-likeness (QED) is 0.0913. The normalized spacial score (nSPS) is 42.9. The number of ether oxygens (including phenoxy) is 5. The average Bonchev–Trinajstić information content (AvgIpc) is 3.00. The molecule has 0 bridgehead atoms. The molecule has 0 aliphatic carbocycles. The minimum absolute atomic E-state index is 0.725. The molecule has 3 rings (SSSR count). The zero-order valence-electron chi connectivity index (χ0n) is 24.7. The van der Waals surface area contributed by atoms with Crippen molar-refractivity contribution < 1.29 is 94.2 Å². The van der Waals surface area contributed by atoms with Gasteiger partial charge in [0, 0.05) is 20.3 Å². The summed E-state index contributed by atoms with van der Waals surface area (Å²) in [6.07, 6.45) is -25.9.